The van der Waals surface area contributed by atoms with E-state index in [9.17, 15) is 9.59 Å². The SMILES string of the molecule is O=C(c1ccccc1)c1ccn2c1C(=O)CC2. The number of Topliss-reactive ketones (excluding diaryl/α,β-unsaturated/α-hetero) is 1. The average Bonchev–Trinajstić information content (AvgIpc) is 2.93. The fourth-order valence-corrected chi connectivity index (χ4v) is 2.24. The van der Waals surface area contributed by atoms with E-state index in [1.807, 2.05) is 29.0 Å². The van der Waals surface area contributed by atoms with Gasteiger partial charge in [0.15, 0.2) is 11.6 Å². The van der Waals surface area contributed by atoms with Crippen molar-refractivity contribution >= 4 is 11.6 Å². The Hall–Kier alpha value is -2.16. The number of aryl methyl sites for hydroxylation is 1. The maximum absolute atomic E-state index is 12.2. The zero-order chi connectivity index (χ0) is 11.8. The van der Waals surface area contributed by atoms with Crippen molar-refractivity contribution in [1.29, 1.82) is 0 Å². The van der Waals surface area contributed by atoms with Crippen LogP contribution in [0.15, 0.2) is 42.6 Å². The molecule has 0 radical (unpaired) electrons. The Kier molecular flexibility index (Phi) is 2.18. The molecule has 0 N–H and O–H groups in total. The maximum atomic E-state index is 12.2. The van der Waals surface area contributed by atoms with Crippen molar-refractivity contribution in [3.63, 3.8) is 0 Å². The Bertz CT molecular complexity index is 596. The van der Waals surface area contributed by atoms with Crippen LogP contribution in [0.2, 0.25) is 0 Å². The summed E-state index contributed by atoms with van der Waals surface area (Å²) in [7, 11) is 0. The molecule has 0 saturated heterocycles. The second-order valence-corrected chi connectivity index (χ2v) is 4.14. The number of aromatic nitrogens is 1. The van der Waals surface area contributed by atoms with Crippen LogP contribution in [-0.2, 0) is 6.54 Å². The minimum absolute atomic E-state index is 0.0641. The highest BCUT2D eigenvalue weighted by Gasteiger charge is 2.26. The van der Waals surface area contributed by atoms with E-state index in [4.69, 9.17) is 0 Å². The van der Waals surface area contributed by atoms with E-state index in [-0.39, 0.29) is 11.6 Å². The Morgan fingerprint density at radius 1 is 1.12 bits per heavy atom. The highest BCUT2D eigenvalue weighted by Crippen LogP contribution is 2.22. The first kappa shape index (κ1) is 10.0. The van der Waals surface area contributed by atoms with Gasteiger partial charge in [0, 0.05) is 24.7 Å². The molecule has 84 valence electrons. The van der Waals surface area contributed by atoms with Crippen molar-refractivity contribution in [2.75, 3.05) is 0 Å². The highest BCUT2D eigenvalue weighted by molar-refractivity contribution is 6.15. The Labute approximate surface area is 98.7 Å². The average molecular weight is 225 g/mol. The number of benzene rings is 1. The highest BCUT2D eigenvalue weighted by atomic mass is 16.1. The third kappa shape index (κ3) is 1.51. The molecule has 1 aliphatic heterocycles. The molecule has 3 nitrogen and oxygen atoms in total. The van der Waals surface area contributed by atoms with E-state index in [0.717, 1.165) is 0 Å². The first-order valence-corrected chi connectivity index (χ1v) is 5.59. The zero-order valence-electron chi connectivity index (χ0n) is 9.22. The monoisotopic (exact) mass is 225 g/mol. The number of carbonyl (C=O) groups excluding carboxylic acids is 2. The fourth-order valence-electron chi connectivity index (χ4n) is 2.24. The van der Waals surface area contributed by atoms with E-state index in [0.29, 0.717) is 29.8 Å². The van der Waals surface area contributed by atoms with Gasteiger partial charge in [0.05, 0.1) is 11.3 Å². The van der Waals surface area contributed by atoms with Crippen LogP contribution in [-0.4, -0.2) is 16.1 Å². The van der Waals surface area contributed by atoms with Gasteiger partial charge in [-0.05, 0) is 6.07 Å². The predicted octanol–water partition coefficient (Wildman–Crippen LogP) is 2.31. The van der Waals surface area contributed by atoms with Crippen molar-refractivity contribution in [1.82, 2.24) is 4.57 Å². The van der Waals surface area contributed by atoms with E-state index in [2.05, 4.69) is 0 Å². The van der Waals surface area contributed by atoms with Gasteiger partial charge in [0.25, 0.3) is 0 Å². The van der Waals surface area contributed by atoms with Crippen LogP contribution in [0.1, 0.15) is 32.8 Å². The molecule has 0 aliphatic carbocycles. The first-order chi connectivity index (χ1) is 8.27. The van der Waals surface area contributed by atoms with E-state index in [1.54, 1.807) is 18.2 Å². The largest absolute Gasteiger partial charge is 0.344 e. The second kappa shape index (κ2) is 3.70. The number of hydrogen-bond acceptors (Lipinski definition) is 2. The van der Waals surface area contributed by atoms with Crippen molar-refractivity contribution < 1.29 is 9.59 Å². The van der Waals surface area contributed by atoms with Crippen molar-refractivity contribution in [3.05, 3.63) is 59.4 Å². The van der Waals surface area contributed by atoms with E-state index in [1.165, 1.54) is 0 Å². The van der Waals surface area contributed by atoms with E-state index < -0.39 is 0 Å². The Balaban J connectivity index is 2.07. The van der Waals surface area contributed by atoms with Gasteiger partial charge in [-0.1, -0.05) is 30.3 Å². The molecular weight excluding hydrogens is 214 g/mol. The number of carbonyl (C=O) groups is 2. The molecule has 2 aromatic rings. The quantitative estimate of drug-likeness (QED) is 0.736. The summed E-state index contributed by atoms with van der Waals surface area (Å²) in [5.41, 5.74) is 1.72. The topological polar surface area (TPSA) is 39.1 Å². The van der Waals surface area contributed by atoms with Gasteiger partial charge < -0.3 is 4.57 Å². The number of fused-ring (bicyclic) bond motifs is 1. The minimum atomic E-state index is -0.0744. The van der Waals surface area contributed by atoms with Gasteiger partial charge in [-0.15, -0.1) is 0 Å². The lowest BCUT2D eigenvalue weighted by Gasteiger charge is -2.00. The molecule has 3 rings (SSSR count). The zero-order valence-corrected chi connectivity index (χ0v) is 9.22. The Morgan fingerprint density at radius 2 is 1.88 bits per heavy atom. The predicted molar refractivity (Wildman–Crippen MR) is 63.3 cm³/mol. The molecule has 0 spiro atoms. The lowest BCUT2D eigenvalue weighted by atomic mass is 10.0. The summed E-state index contributed by atoms with van der Waals surface area (Å²) < 4.78 is 1.86. The molecular formula is C14H11NO2. The summed E-state index contributed by atoms with van der Waals surface area (Å²) in [6, 6.07) is 10.8. The molecule has 0 amide bonds. The number of nitrogens with zero attached hydrogens (tertiary/aromatic N) is 1. The summed E-state index contributed by atoms with van der Waals surface area (Å²) in [4.78, 5) is 24.0. The molecule has 2 heterocycles. The third-order valence-corrected chi connectivity index (χ3v) is 3.09. The van der Waals surface area contributed by atoms with Crippen LogP contribution in [0.4, 0.5) is 0 Å². The fraction of sp³-hybridized carbons (Fsp3) is 0.143. The minimum Gasteiger partial charge on any atom is -0.344 e. The summed E-state index contributed by atoms with van der Waals surface area (Å²) >= 11 is 0. The van der Waals surface area contributed by atoms with Crippen molar-refractivity contribution in [2.45, 2.75) is 13.0 Å². The molecule has 0 fully saturated rings. The van der Waals surface area contributed by atoms with Gasteiger partial charge in [-0.25, -0.2) is 0 Å². The Morgan fingerprint density at radius 3 is 2.65 bits per heavy atom. The first-order valence-electron chi connectivity index (χ1n) is 5.59. The number of ketones is 2. The molecule has 1 aliphatic rings. The lowest BCUT2D eigenvalue weighted by molar-refractivity contribution is 0.0978. The van der Waals surface area contributed by atoms with Crippen LogP contribution < -0.4 is 0 Å². The van der Waals surface area contributed by atoms with Gasteiger partial charge in [-0.3, -0.25) is 9.59 Å². The summed E-state index contributed by atoms with van der Waals surface area (Å²) in [5, 5.41) is 0. The van der Waals surface area contributed by atoms with Gasteiger partial charge >= 0.3 is 0 Å². The van der Waals surface area contributed by atoms with Crippen LogP contribution in [0.5, 0.6) is 0 Å². The summed E-state index contributed by atoms with van der Waals surface area (Å²) in [6.45, 7) is 0.691. The van der Waals surface area contributed by atoms with E-state index >= 15 is 0 Å². The number of rotatable bonds is 2. The molecule has 0 saturated carbocycles. The number of hydrogen-bond donors (Lipinski definition) is 0. The van der Waals surface area contributed by atoms with Crippen LogP contribution in [0, 0.1) is 0 Å². The van der Waals surface area contributed by atoms with Crippen LogP contribution in [0.3, 0.4) is 0 Å². The summed E-state index contributed by atoms with van der Waals surface area (Å²) in [5.74, 6) is -0.0103. The van der Waals surface area contributed by atoms with Crippen molar-refractivity contribution in [3.8, 4) is 0 Å². The maximum Gasteiger partial charge on any atom is 0.195 e. The van der Waals surface area contributed by atoms with Crippen LogP contribution >= 0.6 is 0 Å². The van der Waals surface area contributed by atoms with Gasteiger partial charge in [0.1, 0.15) is 0 Å². The molecule has 3 heteroatoms. The molecule has 0 unspecified atom stereocenters. The molecule has 0 atom stereocenters. The normalized spacial score (nSPS) is 13.8. The third-order valence-electron chi connectivity index (χ3n) is 3.09. The molecule has 1 aromatic heterocycles. The van der Waals surface area contributed by atoms with Gasteiger partial charge in [0.2, 0.25) is 0 Å². The molecule has 0 bridgehead atoms. The molecule has 17 heavy (non-hydrogen) atoms. The summed E-state index contributed by atoms with van der Waals surface area (Å²) in [6.07, 6.45) is 2.32. The second-order valence-electron chi connectivity index (χ2n) is 4.14. The van der Waals surface area contributed by atoms with Crippen LogP contribution in [0.25, 0.3) is 0 Å². The van der Waals surface area contributed by atoms with Gasteiger partial charge in [-0.2, -0.15) is 0 Å². The lowest BCUT2D eigenvalue weighted by Crippen LogP contribution is -2.06. The smallest absolute Gasteiger partial charge is 0.195 e. The standard InChI is InChI=1S/C14H11NO2/c16-12-7-9-15-8-6-11(13(12)15)14(17)10-4-2-1-3-5-10/h1-6,8H,7,9H2. The van der Waals surface area contributed by atoms with Crippen molar-refractivity contribution in [2.24, 2.45) is 0 Å². The molecule has 1 aromatic carbocycles.